The van der Waals surface area contributed by atoms with E-state index >= 15 is 0 Å². The zero-order valence-corrected chi connectivity index (χ0v) is 16.1. The van der Waals surface area contributed by atoms with Gasteiger partial charge in [-0.25, -0.2) is 0 Å². The zero-order valence-electron chi connectivity index (χ0n) is 14.5. The van der Waals surface area contributed by atoms with Gasteiger partial charge in [-0.2, -0.15) is 0 Å². The lowest BCUT2D eigenvalue weighted by Gasteiger charge is -2.17. The molecule has 0 aliphatic carbocycles. The lowest BCUT2D eigenvalue weighted by molar-refractivity contribution is -0.122. The Hall–Kier alpha value is -2.54. The molecule has 3 rings (SSSR count). The van der Waals surface area contributed by atoms with E-state index in [1.165, 1.54) is 7.11 Å². The number of hydrogen-bond donors (Lipinski definition) is 1. The first-order valence-corrected chi connectivity index (χ1v) is 8.90. The monoisotopic (exact) mass is 418 g/mol. The van der Waals surface area contributed by atoms with E-state index in [1.54, 1.807) is 30.2 Å². The van der Waals surface area contributed by atoms with Crippen LogP contribution in [0.5, 0.6) is 11.5 Å². The number of carbonyl (C=O) groups excluding carboxylic acids is 2. The summed E-state index contributed by atoms with van der Waals surface area (Å²) in [7, 11) is 3.09. The molecule has 1 N–H and O–H groups in total. The summed E-state index contributed by atoms with van der Waals surface area (Å²) in [5, 5.41) is 2.85. The summed E-state index contributed by atoms with van der Waals surface area (Å²) in [5.41, 5.74) is 1.34. The number of rotatable bonds is 5. The summed E-state index contributed by atoms with van der Waals surface area (Å²) in [5.74, 6) is 0.456. The van der Waals surface area contributed by atoms with Crippen LogP contribution in [-0.4, -0.2) is 32.6 Å². The lowest BCUT2D eigenvalue weighted by Crippen LogP contribution is -2.28. The summed E-state index contributed by atoms with van der Waals surface area (Å²) in [4.78, 5) is 26.6. The fraction of sp³-hybridized carbons (Fsp3) is 0.263. The molecule has 26 heavy (non-hydrogen) atoms. The molecule has 7 heteroatoms. The second-order valence-corrected chi connectivity index (χ2v) is 6.85. The Morgan fingerprint density at radius 1 is 1.15 bits per heavy atom. The smallest absolute Gasteiger partial charge is 0.229 e. The minimum absolute atomic E-state index is 0.0610. The van der Waals surface area contributed by atoms with Gasteiger partial charge in [-0.3, -0.25) is 9.59 Å². The third kappa shape index (κ3) is 3.83. The van der Waals surface area contributed by atoms with Crippen LogP contribution in [-0.2, 0) is 9.59 Å². The maximum atomic E-state index is 12.6. The summed E-state index contributed by atoms with van der Waals surface area (Å²) in [6.45, 7) is 0.352. The van der Waals surface area contributed by atoms with Crippen LogP contribution in [0.4, 0.5) is 11.4 Å². The highest BCUT2D eigenvalue weighted by atomic mass is 79.9. The predicted octanol–water partition coefficient (Wildman–Crippen LogP) is 3.46. The summed E-state index contributed by atoms with van der Waals surface area (Å²) in [6, 6.07) is 12.6. The number of hydrogen-bond acceptors (Lipinski definition) is 4. The minimum Gasteiger partial charge on any atom is -0.497 e. The van der Waals surface area contributed by atoms with Gasteiger partial charge in [0, 0.05) is 29.2 Å². The van der Waals surface area contributed by atoms with E-state index < -0.39 is 5.92 Å². The van der Waals surface area contributed by atoms with Crippen molar-refractivity contribution in [2.45, 2.75) is 6.42 Å². The van der Waals surface area contributed by atoms with Crippen molar-refractivity contribution in [2.24, 2.45) is 5.92 Å². The molecule has 1 fully saturated rings. The molecule has 1 saturated heterocycles. The zero-order chi connectivity index (χ0) is 18.7. The van der Waals surface area contributed by atoms with Gasteiger partial charge in [0.2, 0.25) is 11.8 Å². The molecule has 0 unspecified atom stereocenters. The molecule has 0 bridgehead atoms. The van der Waals surface area contributed by atoms with Gasteiger partial charge in [-0.15, -0.1) is 0 Å². The number of amides is 2. The Morgan fingerprint density at radius 2 is 1.88 bits per heavy atom. The molecule has 0 radical (unpaired) electrons. The fourth-order valence-corrected chi connectivity index (χ4v) is 3.15. The Balaban J connectivity index is 1.71. The number of benzene rings is 2. The first-order valence-electron chi connectivity index (χ1n) is 8.10. The molecule has 2 amide bonds. The number of methoxy groups -OCH3 is 2. The Bertz CT molecular complexity index is 823. The number of anilines is 2. The molecule has 1 heterocycles. The lowest BCUT2D eigenvalue weighted by atomic mass is 10.1. The van der Waals surface area contributed by atoms with Gasteiger partial charge in [0.05, 0.1) is 25.8 Å². The van der Waals surface area contributed by atoms with E-state index in [0.717, 1.165) is 10.2 Å². The van der Waals surface area contributed by atoms with Crippen LogP contribution in [0, 0.1) is 5.92 Å². The van der Waals surface area contributed by atoms with E-state index in [4.69, 9.17) is 9.47 Å². The van der Waals surface area contributed by atoms with Crippen LogP contribution in [0.2, 0.25) is 0 Å². The van der Waals surface area contributed by atoms with Crippen LogP contribution in [0.3, 0.4) is 0 Å². The highest BCUT2D eigenvalue weighted by molar-refractivity contribution is 9.10. The third-order valence-corrected chi connectivity index (χ3v) is 4.83. The SMILES string of the molecule is COc1ccc(NC(=O)[C@H]2CC(=O)N(c3ccc(Br)cc3)C2)c(OC)c1. The van der Waals surface area contributed by atoms with Gasteiger partial charge in [-0.05, 0) is 36.4 Å². The van der Waals surface area contributed by atoms with Gasteiger partial charge in [0.15, 0.2) is 0 Å². The Kier molecular flexibility index (Phi) is 5.46. The predicted molar refractivity (Wildman–Crippen MR) is 103 cm³/mol. The average Bonchev–Trinajstić information content (AvgIpc) is 3.04. The van der Waals surface area contributed by atoms with Crippen molar-refractivity contribution >= 4 is 39.1 Å². The van der Waals surface area contributed by atoms with Crippen molar-refractivity contribution < 1.29 is 19.1 Å². The molecule has 6 nitrogen and oxygen atoms in total. The number of ether oxygens (including phenoxy) is 2. The van der Waals surface area contributed by atoms with E-state index in [0.29, 0.717) is 23.7 Å². The van der Waals surface area contributed by atoms with Crippen molar-refractivity contribution in [1.29, 1.82) is 0 Å². The third-order valence-electron chi connectivity index (χ3n) is 4.30. The van der Waals surface area contributed by atoms with Crippen molar-refractivity contribution in [1.82, 2.24) is 0 Å². The van der Waals surface area contributed by atoms with E-state index in [1.807, 2.05) is 24.3 Å². The molecular weight excluding hydrogens is 400 g/mol. The Labute approximate surface area is 160 Å². The van der Waals surface area contributed by atoms with Gasteiger partial charge < -0.3 is 19.7 Å². The maximum absolute atomic E-state index is 12.6. The van der Waals surface area contributed by atoms with Gasteiger partial charge in [0.25, 0.3) is 0 Å². The van der Waals surface area contributed by atoms with Gasteiger partial charge in [-0.1, -0.05) is 15.9 Å². The summed E-state index contributed by atoms with van der Waals surface area (Å²) >= 11 is 3.38. The van der Waals surface area contributed by atoms with Crippen LogP contribution < -0.4 is 19.7 Å². The first-order chi connectivity index (χ1) is 12.5. The van der Waals surface area contributed by atoms with E-state index in [9.17, 15) is 9.59 Å². The molecule has 2 aromatic carbocycles. The van der Waals surface area contributed by atoms with Crippen LogP contribution in [0.25, 0.3) is 0 Å². The van der Waals surface area contributed by atoms with E-state index in [-0.39, 0.29) is 18.2 Å². The molecule has 0 spiro atoms. The number of halogens is 1. The Morgan fingerprint density at radius 3 is 2.54 bits per heavy atom. The van der Waals surface area contributed by atoms with Crippen molar-refractivity contribution in [3.63, 3.8) is 0 Å². The molecule has 1 atom stereocenters. The number of nitrogens with one attached hydrogen (secondary N) is 1. The molecule has 2 aromatic rings. The maximum Gasteiger partial charge on any atom is 0.229 e. The topological polar surface area (TPSA) is 67.9 Å². The molecule has 1 aliphatic rings. The standard InChI is InChI=1S/C19H19BrN2O4/c1-25-15-7-8-16(17(10-15)26-2)21-19(24)12-9-18(23)22(11-12)14-5-3-13(20)4-6-14/h3-8,10,12H,9,11H2,1-2H3,(H,21,24)/t12-/m0/s1. The largest absolute Gasteiger partial charge is 0.497 e. The van der Waals surface area contributed by atoms with Gasteiger partial charge in [0.1, 0.15) is 11.5 Å². The molecule has 0 aromatic heterocycles. The number of carbonyl (C=O) groups is 2. The number of nitrogens with zero attached hydrogens (tertiary/aromatic N) is 1. The highest BCUT2D eigenvalue weighted by Gasteiger charge is 2.35. The second kappa shape index (κ2) is 7.78. The summed E-state index contributed by atoms with van der Waals surface area (Å²) < 4.78 is 11.4. The highest BCUT2D eigenvalue weighted by Crippen LogP contribution is 2.31. The first kappa shape index (κ1) is 18.3. The minimum atomic E-state index is -0.419. The molecular formula is C19H19BrN2O4. The van der Waals surface area contributed by atoms with Crippen molar-refractivity contribution in [3.05, 3.63) is 46.9 Å². The normalized spacial score (nSPS) is 16.5. The summed E-state index contributed by atoms with van der Waals surface area (Å²) in [6.07, 6.45) is 0.181. The van der Waals surface area contributed by atoms with Gasteiger partial charge >= 0.3 is 0 Å². The van der Waals surface area contributed by atoms with Crippen molar-refractivity contribution in [3.8, 4) is 11.5 Å². The van der Waals surface area contributed by atoms with Crippen LogP contribution in [0.1, 0.15) is 6.42 Å². The second-order valence-electron chi connectivity index (χ2n) is 5.94. The van der Waals surface area contributed by atoms with E-state index in [2.05, 4.69) is 21.2 Å². The molecule has 1 aliphatic heterocycles. The fourth-order valence-electron chi connectivity index (χ4n) is 2.89. The average molecular weight is 419 g/mol. The van der Waals surface area contributed by atoms with Crippen LogP contribution in [0.15, 0.2) is 46.9 Å². The molecule has 0 saturated carbocycles. The molecule has 136 valence electrons. The quantitative estimate of drug-likeness (QED) is 0.806. The van der Waals surface area contributed by atoms with Crippen molar-refractivity contribution in [2.75, 3.05) is 31.0 Å². The van der Waals surface area contributed by atoms with Crippen LogP contribution >= 0.6 is 15.9 Å².